The molecular formula is C46H34ClF4N5O12S2. The first-order valence-corrected chi connectivity index (χ1v) is 24.2. The van der Waals surface area contributed by atoms with Crippen molar-refractivity contribution in [2.24, 2.45) is 0 Å². The highest BCUT2D eigenvalue weighted by Crippen LogP contribution is 2.39. The van der Waals surface area contributed by atoms with Crippen molar-refractivity contribution in [3.05, 3.63) is 160 Å². The van der Waals surface area contributed by atoms with Crippen LogP contribution >= 0.6 is 11.6 Å². The third kappa shape index (κ3) is 9.84. The highest BCUT2D eigenvalue weighted by Gasteiger charge is 2.55. The Morgan fingerprint density at radius 3 is 1.44 bits per heavy atom. The molecule has 2 unspecified atom stereocenters. The summed E-state index contributed by atoms with van der Waals surface area (Å²) in [6.45, 7) is 0. The van der Waals surface area contributed by atoms with Crippen LogP contribution in [0.1, 0.15) is 60.4 Å². The third-order valence-electron chi connectivity index (χ3n) is 11.1. The molecule has 70 heavy (non-hydrogen) atoms. The van der Waals surface area contributed by atoms with E-state index in [4.69, 9.17) is 21.1 Å². The van der Waals surface area contributed by atoms with Crippen molar-refractivity contribution in [2.45, 2.75) is 63.6 Å². The van der Waals surface area contributed by atoms with Gasteiger partial charge < -0.3 is 30.3 Å². The molecule has 2 atom stereocenters. The molecule has 2 aromatic heterocycles. The molecule has 0 saturated heterocycles. The van der Waals surface area contributed by atoms with E-state index in [0.717, 1.165) is 42.6 Å². The predicted molar refractivity (Wildman–Crippen MR) is 237 cm³/mol. The van der Waals surface area contributed by atoms with Gasteiger partial charge in [-0.05, 0) is 86.3 Å². The lowest BCUT2D eigenvalue weighted by molar-refractivity contribution is -0.155. The van der Waals surface area contributed by atoms with Gasteiger partial charge >= 0.3 is 11.9 Å². The third-order valence-corrected chi connectivity index (χ3v) is 15.9. The second kappa shape index (κ2) is 19.1. The van der Waals surface area contributed by atoms with Gasteiger partial charge in [0, 0.05) is 23.3 Å². The number of amides is 2. The van der Waals surface area contributed by atoms with E-state index in [2.05, 4.69) is 25.6 Å². The van der Waals surface area contributed by atoms with Gasteiger partial charge in [0.15, 0.2) is 48.6 Å². The number of sulfone groups is 2. The molecule has 2 fully saturated rings. The van der Waals surface area contributed by atoms with E-state index in [1.54, 1.807) is 0 Å². The number of aliphatic carboxylic acids is 2. The lowest BCUT2D eigenvalue weighted by Gasteiger charge is -2.25. The van der Waals surface area contributed by atoms with Crippen LogP contribution < -0.4 is 20.1 Å². The van der Waals surface area contributed by atoms with Gasteiger partial charge in [-0.1, -0.05) is 35.9 Å². The molecule has 362 valence electrons. The lowest BCUT2D eigenvalue weighted by atomic mass is 9.80. The topological polar surface area (TPSA) is 258 Å². The average molecular weight is 1020 g/mol. The Balaban J connectivity index is 1.08. The van der Waals surface area contributed by atoms with Crippen LogP contribution in [0.2, 0.25) is 5.02 Å². The minimum atomic E-state index is -3.68. The summed E-state index contributed by atoms with van der Waals surface area (Å²) in [6.07, 6.45) is -0.278. The van der Waals surface area contributed by atoms with Crippen LogP contribution in [-0.4, -0.2) is 76.3 Å². The maximum absolute atomic E-state index is 14.8. The highest BCUT2D eigenvalue weighted by atomic mass is 35.5. The van der Waals surface area contributed by atoms with Gasteiger partial charge in [-0.25, -0.2) is 44.4 Å². The molecule has 6 aromatic rings. The molecule has 17 nitrogen and oxygen atoms in total. The van der Waals surface area contributed by atoms with Crippen molar-refractivity contribution in [3.8, 4) is 11.5 Å². The Kier molecular flexibility index (Phi) is 13.4. The Bertz CT molecular complexity index is 3280. The SMILES string of the molecule is O=C(Nc1cnc(C(C(=O)O)(C(=O)O)c2nc(NC(=O)C(Oc3ccc(F)cc3F)c3ccc(S(=O)(=O)C4CC4)cc3)ccc2Cl)cn1)C(Oc1ccc(F)cc1F)c1ccc(S(=O)(=O)C2CC2)cc1. The van der Waals surface area contributed by atoms with Crippen LogP contribution in [0, 0.1) is 23.3 Å². The summed E-state index contributed by atoms with van der Waals surface area (Å²) in [6, 6.07) is 16.4. The summed E-state index contributed by atoms with van der Waals surface area (Å²) in [5.41, 5.74) is -5.09. The number of carbonyl (C=O) groups is 4. The zero-order valence-corrected chi connectivity index (χ0v) is 37.9. The normalized spacial score (nSPS) is 14.8. The van der Waals surface area contributed by atoms with Crippen molar-refractivity contribution in [2.75, 3.05) is 10.6 Å². The summed E-state index contributed by atoms with van der Waals surface area (Å²) < 4.78 is 120. The lowest BCUT2D eigenvalue weighted by Crippen LogP contribution is -2.46. The van der Waals surface area contributed by atoms with Gasteiger partial charge in [0.2, 0.25) is 12.2 Å². The molecule has 24 heteroatoms. The van der Waals surface area contributed by atoms with Crippen LogP contribution in [-0.2, 0) is 44.3 Å². The Labute approximate surface area is 399 Å². The van der Waals surface area contributed by atoms with Gasteiger partial charge in [0.1, 0.15) is 17.5 Å². The van der Waals surface area contributed by atoms with Crippen molar-refractivity contribution >= 4 is 66.7 Å². The van der Waals surface area contributed by atoms with Gasteiger partial charge in [0.25, 0.3) is 17.2 Å². The van der Waals surface area contributed by atoms with Crippen LogP contribution in [0.3, 0.4) is 0 Å². The second-order valence-corrected chi connectivity index (χ2v) is 20.8. The van der Waals surface area contributed by atoms with E-state index in [9.17, 15) is 63.8 Å². The molecule has 2 heterocycles. The van der Waals surface area contributed by atoms with E-state index in [-0.39, 0.29) is 20.9 Å². The number of nitrogens with zero attached hydrogens (tertiary/aromatic N) is 3. The molecule has 0 radical (unpaired) electrons. The average Bonchev–Trinajstić information content (AvgIpc) is 4.24. The fraction of sp³-hybridized carbons (Fsp3) is 0.196. The van der Waals surface area contributed by atoms with Crippen LogP contribution in [0.5, 0.6) is 11.5 Å². The number of rotatable bonds is 18. The van der Waals surface area contributed by atoms with Crippen LogP contribution in [0.4, 0.5) is 29.2 Å². The highest BCUT2D eigenvalue weighted by molar-refractivity contribution is 7.92. The number of nitrogens with one attached hydrogen (secondary N) is 2. The van der Waals surface area contributed by atoms with E-state index < -0.39 is 134 Å². The van der Waals surface area contributed by atoms with Crippen molar-refractivity contribution in [1.82, 2.24) is 15.0 Å². The Morgan fingerprint density at radius 1 is 0.614 bits per heavy atom. The number of halogens is 5. The number of carbonyl (C=O) groups excluding carboxylic acids is 2. The number of hydrogen-bond donors (Lipinski definition) is 4. The molecule has 0 aliphatic heterocycles. The molecule has 2 aliphatic carbocycles. The first-order valence-electron chi connectivity index (χ1n) is 20.7. The van der Waals surface area contributed by atoms with Crippen LogP contribution in [0.15, 0.2) is 119 Å². The summed E-state index contributed by atoms with van der Waals surface area (Å²) in [5.74, 6) is -12.9. The number of carboxylic acids is 2. The quantitative estimate of drug-likeness (QED) is 0.0503. The molecular weight excluding hydrogens is 990 g/mol. The molecule has 2 amide bonds. The van der Waals surface area contributed by atoms with E-state index >= 15 is 0 Å². The fourth-order valence-electron chi connectivity index (χ4n) is 7.13. The maximum Gasteiger partial charge on any atom is 0.333 e. The molecule has 8 rings (SSSR count). The summed E-state index contributed by atoms with van der Waals surface area (Å²) in [4.78, 5) is 66.0. The van der Waals surface area contributed by atoms with Crippen LogP contribution in [0.25, 0.3) is 0 Å². The van der Waals surface area contributed by atoms with Gasteiger partial charge in [0.05, 0.1) is 49.1 Å². The molecule has 0 spiro atoms. The van der Waals surface area contributed by atoms with E-state index in [0.29, 0.717) is 44.0 Å². The van der Waals surface area contributed by atoms with Crippen molar-refractivity contribution in [1.29, 1.82) is 0 Å². The number of pyridine rings is 1. The van der Waals surface area contributed by atoms with Crippen molar-refractivity contribution < 1.29 is 73.3 Å². The van der Waals surface area contributed by atoms with E-state index in [1.165, 1.54) is 48.5 Å². The number of hydrogen-bond acceptors (Lipinski definition) is 13. The zero-order valence-electron chi connectivity index (χ0n) is 35.6. The molecule has 4 N–H and O–H groups in total. The predicted octanol–water partition coefficient (Wildman–Crippen LogP) is 6.93. The second-order valence-electron chi connectivity index (χ2n) is 15.9. The van der Waals surface area contributed by atoms with Crippen molar-refractivity contribution in [3.63, 3.8) is 0 Å². The zero-order chi connectivity index (χ0) is 50.3. The Morgan fingerprint density at radius 2 is 1.06 bits per heavy atom. The molecule has 0 bridgehead atoms. The monoisotopic (exact) mass is 1020 g/mol. The standard InChI is InChI=1S/C46H34ClF4N5O12S2/c47-31-15-18-37(55-42(57)39(67-34-16-5-25(48)19-32(34)50)23-1-7-27(8-2-23)69(63,64)29-11-12-29)54-41(31)46(44(59)60,45(61)62)36-21-53-38(22-52-36)56-43(58)40(68-35-17-6-26(49)20-33(35)51)24-3-9-28(10-4-24)70(65,66)30-13-14-30/h1-10,15-22,29-30,39-40H,11-14H2,(H,59,60)(H,61,62)(H,53,56,58)(H,54,55,57). The first-order chi connectivity index (χ1) is 33.2. The number of carboxylic acid groups (broad SMARTS) is 2. The summed E-state index contributed by atoms with van der Waals surface area (Å²) >= 11 is 6.41. The van der Waals surface area contributed by atoms with Gasteiger partial charge in [-0.15, -0.1) is 0 Å². The minimum absolute atomic E-state index is 0.00161. The van der Waals surface area contributed by atoms with E-state index in [1.807, 2.05) is 0 Å². The Hall–Kier alpha value is -7.50. The largest absolute Gasteiger partial charge is 0.480 e. The number of aromatic nitrogens is 3. The molecule has 2 aliphatic rings. The molecule has 4 aromatic carbocycles. The number of ether oxygens (including phenoxy) is 2. The number of benzene rings is 4. The first kappa shape index (κ1) is 48.9. The summed E-state index contributed by atoms with van der Waals surface area (Å²) in [7, 11) is -7.34. The number of anilines is 2. The maximum atomic E-state index is 14.8. The summed E-state index contributed by atoms with van der Waals surface area (Å²) in [5, 5.41) is 24.2. The van der Waals surface area contributed by atoms with Gasteiger partial charge in [-0.3, -0.25) is 24.2 Å². The van der Waals surface area contributed by atoms with Gasteiger partial charge in [-0.2, -0.15) is 0 Å². The fourth-order valence-corrected chi connectivity index (χ4v) is 10.7. The smallest absolute Gasteiger partial charge is 0.333 e. The minimum Gasteiger partial charge on any atom is -0.480 e. The molecule has 2 saturated carbocycles.